The number of benzene rings is 8. The summed E-state index contributed by atoms with van der Waals surface area (Å²) in [5.74, 6) is 0.800. The van der Waals surface area contributed by atoms with Crippen molar-refractivity contribution in [2.75, 3.05) is 0 Å². The van der Waals surface area contributed by atoms with E-state index in [-0.39, 0.29) is 0 Å². The molecule has 0 amide bonds. The Morgan fingerprint density at radius 3 is 2.02 bits per heavy atom. The third kappa shape index (κ3) is 3.93. The van der Waals surface area contributed by atoms with Gasteiger partial charge in [-0.15, -0.1) is 0 Å². The Morgan fingerprint density at radius 2 is 1.16 bits per heavy atom. The first-order valence-corrected chi connectivity index (χ1v) is 16.9. The number of furan rings is 1. The molecule has 4 heteroatoms. The van der Waals surface area contributed by atoms with E-state index in [4.69, 9.17) is 14.4 Å². The summed E-state index contributed by atoms with van der Waals surface area (Å²) in [6.07, 6.45) is 0. The molecular formula is C46H27N3O. The van der Waals surface area contributed by atoms with Crippen LogP contribution in [-0.4, -0.2) is 14.5 Å². The quantitative estimate of drug-likeness (QED) is 0.194. The highest BCUT2D eigenvalue weighted by atomic mass is 16.3. The van der Waals surface area contributed by atoms with E-state index >= 15 is 0 Å². The Bertz CT molecular complexity index is 3150. The van der Waals surface area contributed by atoms with E-state index in [0.717, 1.165) is 77.6 Å². The highest BCUT2D eigenvalue weighted by Gasteiger charge is 2.23. The minimum absolute atomic E-state index is 0.800. The lowest BCUT2D eigenvalue weighted by molar-refractivity contribution is 0.669. The molecule has 3 heterocycles. The highest BCUT2D eigenvalue weighted by molar-refractivity contribution is 6.20. The van der Waals surface area contributed by atoms with Crippen LogP contribution in [0.2, 0.25) is 0 Å². The lowest BCUT2D eigenvalue weighted by Gasteiger charge is -2.15. The zero-order valence-corrected chi connectivity index (χ0v) is 26.8. The first-order valence-electron chi connectivity index (χ1n) is 16.9. The molecular weight excluding hydrogens is 611 g/mol. The van der Waals surface area contributed by atoms with E-state index in [1.165, 1.54) is 26.9 Å². The summed E-state index contributed by atoms with van der Waals surface area (Å²) < 4.78 is 8.89. The molecule has 50 heavy (non-hydrogen) atoms. The number of hydrogen-bond donors (Lipinski definition) is 0. The number of fused-ring (bicyclic) bond motifs is 10. The van der Waals surface area contributed by atoms with Crippen LogP contribution in [-0.2, 0) is 0 Å². The van der Waals surface area contributed by atoms with Gasteiger partial charge in [-0.1, -0.05) is 121 Å². The third-order valence-corrected chi connectivity index (χ3v) is 10.1. The first kappa shape index (κ1) is 27.2. The summed E-state index contributed by atoms with van der Waals surface area (Å²) in [4.78, 5) is 10.7. The summed E-state index contributed by atoms with van der Waals surface area (Å²) in [5, 5.41) is 9.39. The third-order valence-electron chi connectivity index (χ3n) is 10.1. The van der Waals surface area contributed by atoms with Crippen LogP contribution in [0.3, 0.4) is 0 Å². The monoisotopic (exact) mass is 637 g/mol. The second-order valence-corrected chi connectivity index (χ2v) is 13.0. The Labute approximate surface area is 286 Å². The molecule has 0 radical (unpaired) electrons. The summed E-state index contributed by atoms with van der Waals surface area (Å²) in [5.41, 5.74) is 9.69. The fourth-order valence-corrected chi connectivity index (χ4v) is 7.85. The van der Waals surface area contributed by atoms with Crippen molar-refractivity contribution < 1.29 is 4.42 Å². The maximum atomic E-state index is 6.56. The highest BCUT2D eigenvalue weighted by Crippen LogP contribution is 2.43. The van der Waals surface area contributed by atoms with Gasteiger partial charge in [0.05, 0.1) is 22.1 Å². The maximum absolute atomic E-state index is 6.56. The summed E-state index contributed by atoms with van der Waals surface area (Å²) >= 11 is 0. The van der Waals surface area contributed by atoms with Crippen molar-refractivity contribution in [2.45, 2.75) is 0 Å². The number of aromatic nitrogens is 3. The second kappa shape index (κ2) is 10.4. The van der Waals surface area contributed by atoms with E-state index in [1.807, 2.05) is 30.3 Å². The Morgan fingerprint density at radius 1 is 0.440 bits per heavy atom. The van der Waals surface area contributed by atoms with Crippen LogP contribution < -0.4 is 0 Å². The number of rotatable bonds is 3. The van der Waals surface area contributed by atoms with Gasteiger partial charge < -0.3 is 4.42 Å². The van der Waals surface area contributed by atoms with E-state index in [2.05, 4.69) is 138 Å². The van der Waals surface area contributed by atoms with Crippen LogP contribution in [0.15, 0.2) is 168 Å². The van der Waals surface area contributed by atoms with Crippen LogP contribution in [0.5, 0.6) is 0 Å². The second-order valence-electron chi connectivity index (χ2n) is 13.0. The molecule has 3 aromatic heterocycles. The van der Waals surface area contributed by atoms with Gasteiger partial charge in [-0.05, 0) is 69.6 Å². The number of nitrogens with zero attached hydrogens (tertiary/aromatic N) is 3. The normalized spacial score (nSPS) is 12.0. The molecule has 4 nitrogen and oxygen atoms in total. The molecule has 0 aliphatic rings. The van der Waals surface area contributed by atoms with Crippen LogP contribution >= 0.6 is 0 Å². The SMILES string of the molecule is c1ccc(-c2nc3ccccc3nc2-n2c3cc4ccccc4cc3c3cccc(-c4ccc5c(c4)oc4ccc6ccccc6c45)c32)cc1. The molecule has 8 aromatic carbocycles. The fraction of sp³-hybridized carbons (Fsp3) is 0. The van der Waals surface area contributed by atoms with Crippen molar-refractivity contribution >= 4 is 76.3 Å². The topological polar surface area (TPSA) is 43.9 Å². The molecule has 0 fully saturated rings. The van der Waals surface area contributed by atoms with Gasteiger partial charge in [0.15, 0.2) is 5.82 Å². The van der Waals surface area contributed by atoms with Gasteiger partial charge in [-0.25, -0.2) is 9.97 Å². The lowest BCUT2D eigenvalue weighted by atomic mass is 9.99. The molecule has 0 aliphatic carbocycles. The molecule has 0 unspecified atom stereocenters. The first-order chi connectivity index (χ1) is 24.8. The minimum atomic E-state index is 0.800. The molecule has 0 saturated carbocycles. The largest absolute Gasteiger partial charge is 0.456 e. The predicted octanol–water partition coefficient (Wildman–Crippen LogP) is 12.3. The Balaban J connectivity index is 1.27. The van der Waals surface area contributed by atoms with Crippen LogP contribution in [0.25, 0.3) is 105 Å². The molecule has 0 N–H and O–H groups in total. The average Bonchev–Trinajstić information content (AvgIpc) is 3.72. The van der Waals surface area contributed by atoms with Gasteiger partial charge in [-0.2, -0.15) is 0 Å². The lowest BCUT2D eigenvalue weighted by Crippen LogP contribution is -2.04. The van der Waals surface area contributed by atoms with Crippen molar-refractivity contribution in [3.05, 3.63) is 164 Å². The summed E-state index contributed by atoms with van der Waals surface area (Å²) in [6, 6.07) is 57.7. The molecule has 232 valence electrons. The van der Waals surface area contributed by atoms with E-state index in [1.54, 1.807) is 0 Å². The molecule has 0 aliphatic heterocycles. The summed E-state index contributed by atoms with van der Waals surface area (Å²) in [7, 11) is 0. The van der Waals surface area contributed by atoms with E-state index < -0.39 is 0 Å². The average molecular weight is 638 g/mol. The molecule has 11 aromatic rings. The van der Waals surface area contributed by atoms with Gasteiger partial charge in [0.2, 0.25) is 0 Å². The van der Waals surface area contributed by atoms with Gasteiger partial charge in [0.1, 0.15) is 16.9 Å². The predicted molar refractivity (Wildman–Crippen MR) is 207 cm³/mol. The fourth-order valence-electron chi connectivity index (χ4n) is 7.85. The van der Waals surface area contributed by atoms with Crippen LogP contribution in [0, 0.1) is 0 Å². The van der Waals surface area contributed by atoms with Gasteiger partial charge >= 0.3 is 0 Å². The molecule has 0 spiro atoms. The maximum Gasteiger partial charge on any atom is 0.165 e. The number of hydrogen-bond acceptors (Lipinski definition) is 3. The standard InChI is InChI=1S/C46H27N3O/c1-2-12-29(13-3-1)44-46(48-39-20-9-8-19-38(39)47-44)49-40-26-31-15-5-4-14-30(31)25-37(40)35-18-10-17-34(45(35)49)32-21-23-36-42(27-32)50-41-24-22-28-11-6-7-16-33(28)43(36)41/h1-27H. The Hall–Kier alpha value is -6.78. The van der Waals surface area contributed by atoms with E-state index in [9.17, 15) is 0 Å². The summed E-state index contributed by atoms with van der Waals surface area (Å²) in [6.45, 7) is 0. The molecule has 0 bridgehead atoms. The van der Waals surface area contributed by atoms with Gasteiger partial charge in [0.25, 0.3) is 0 Å². The smallest absolute Gasteiger partial charge is 0.165 e. The van der Waals surface area contributed by atoms with Crippen molar-refractivity contribution in [3.63, 3.8) is 0 Å². The van der Waals surface area contributed by atoms with Gasteiger partial charge in [0, 0.05) is 32.7 Å². The zero-order valence-electron chi connectivity index (χ0n) is 26.8. The van der Waals surface area contributed by atoms with Crippen LogP contribution in [0.1, 0.15) is 0 Å². The van der Waals surface area contributed by atoms with Crippen LogP contribution in [0.4, 0.5) is 0 Å². The number of para-hydroxylation sites is 3. The van der Waals surface area contributed by atoms with Crippen molar-refractivity contribution in [1.82, 2.24) is 14.5 Å². The molecule has 0 saturated heterocycles. The Kier molecular flexibility index (Phi) is 5.63. The van der Waals surface area contributed by atoms with Crippen molar-refractivity contribution in [3.8, 4) is 28.2 Å². The van der Waals surface area contributed by atoms with Crippen molar-refractivity contribution in [2.24, 2.45) is 0 Å². The van der Waals surface area contributed by atoms with Crippen molar-refractivity contribution in [1.29, 1.82) is 0 Å². The minimum Gasteiger partial charge on any atom is -0.456 e. The van der Waals surface area contributed by atoms with E-state index in [0.29, 0.717) is 0 Å². The zero-order chi connectivity index (χ0) is 32.8. The van der Waals surface area contributed by atoms with Gasteiger partial charge in [-0.3, -0.25) is 4.57 Å². The molecule has 0 atom stereocenters. The molecule has 11 rings (SSSR count).